The van der Waals surface area contributed by atoms with E-state index in [1.54, 1.807) is 12.1 Å². The third-order valence-electron chi connectivity index (χ3n) is 4.63. The normalized spacial score (nSPS) is 16.0. The number of hydrogen-bond acceptors (Lipinski definition) is 4. The summed E-state index contributed by atoms with van der Waals surface area (Å²) < 4.78 is 14.4. The molecule has 0 amide bonds. The average Bonchev–Trinajstić information content (AvgIpc) is 2.63. The molecule has 1 atom stereocenters. The Kier molecular flexibility index (Phi) is 5.35. The number of benzene rings is 1. The molecule has 0 saturated carbocycles. The largest absolute Gasteiger partial charge is 0.480 e. The van der Waals surface area contributed by atoms with Crippen molar-refractivity contribution >= 4 is 11.7 Å². The van der Waals surface area contributed by atoms with E-state index >= 15 is 0 Å². The Morgan fingerprint density at radius 1 is 1.38 bits per heavy atom. The van der Waals surface area contributed by atoms with Crippen molar-refractivity contribution in [3.63, 3.8) is 0 Å². The standard InChI is InChI=1S/C19H22FN3O3/c1-2-3-4-16-21-15-10-9-14(12-5-7-13(20)8-6-12)22-18(15)19(26)23(16)11-17(24)25/h5-8,14,22H,2-4,9-11H2,1H3,(H,24,25)/t14-/m0/s1. The minimum absolute atomic E-state index is 0.127. The molecule has 0 radical (unpaired) electrons. The lowest BCUT2D eigenvalue weighted by atomic mass is 9.96. The topological polar surface area (TPSA) is 84.2 Å². The Balaban J connectivity index is 1.97. The highest BCUT2D eigenvalue weighted by atomic mass is 19.1. The second kappa shape index (κ2) is 7.68. The first kappa shape index (κ1) is 18.1. The Morgan fingerprint density at radius 3 is 2.77 bits per heavy atom. The highest BCUT2D eigenvalue weighted by molar-refractivity contribution is 5.67. The van der Waals surface area contributed by atoms with Crippen LogP contribution in [0.15, 0.2) is 29.1 Å². The number of nitrogens with one attached hydrogen (secondary N) is 1. The summed E-state index contributed by atoms with van der Waals surface area (Å²) >= 11 is 0. The van der Waals surface area contributed by atoms with E-state index in [0.717, 1.165) is 24.8 Å². The lowest BCUT2D eigenvalue weighted by Gasteiger charge is -2.27. The fraction of sp³-hybridized carbons (Fsp3) is 0.421. The number of unbranched alkanes of at least 4 members (excludes halogenated alkanes) is 1. The number of aryl methyl sites for hydroxylation is 2. The molecule has 0 bridgehead atoms. The van der Waals surface area contributed by atoms with Crippen molar-refractivity contribution in [2.75, 3.05) is 5.32 Å². The number of anilines is 1. The van der Waals surface area contributed by atoms with Gasteiger partial charge in [0.2, 0.25) is 0 Å². The molecule has 1 aromatic heterocycles. The van der Waals surface area contributed by atoms with Gasteiger partial charge in [0.15, 0.2) is 0 Å². The number of fused-ring (bicyclic) bond motifs is 1. The summed E-state index contributed by atoms with van der Waals surface area (Å²) in [5.74, 6) is -0.853. The molecule has 2 N–H and O–H groups in total. The predicted molar refractivity (Wildman–Crippen MR) is 95.8 cm³/mol. The molecule has 0 spiro atoms. The number of aromatic nitrogens is 2. The number of carbonyl (C=O) groups is 1. The smallest absolute Gasteiger partial charge is 0.323 e. The second-order valence-corrected chi connectivity index (χ2v) is 6.53. The number of aliphatic carboxylic acids is 1. The maximum absolute atomic E-state index is 13.1. The summed E-state index contributed by atoms with van der Waals surface area (Å²) in [6.45, 7) is 1.63. The summed E-state index contributed by atoms with van der Waals surface area (Å²) in [5.41, 5.74) is 1.57. The van der Waals surface area contributed by atoms with Crippen LogP contribution >= 0.6 is 0 Å². The van der Waals surface area contributed by atoms with Gasteiger partial charge in [0, 0.05) is 6.42 Å². The summed E-state index contributed by atoms with van der Waals surface area (Å²) in [6.07, 6.45) is 3.71. The van der Waals surface area contributed by atoms with Gasteiger partial charge in [-0.25, -0.2) is 9.37 Å². The summed E-state index contributed by atoms with van der Waals surface area (Å²) in [6, 6.07) is 6.04. The third-order valence-corrected chi connectivity index (χ3v) is 4.63. The van der Waals surface area contributed by atoms with Gasteiger partial charge in [0.05, 0.1) is 11.7 Å². The first-order chi connectivity index (χ1) is 12.5. The molecule has 2 aromatic rings. The monoisotopic (exact) mass is 359 g/mol. The van der Waals surface area contributed by atoms with Crippen LogP contribution in [0.25, 0.3) is 0 Å². The van der Waals surface area contributed by atoms with Crippen LogP contribution in [-0.2, 0) is 24.2 Å². The fourth-order valence-electron chi connectivity index (χ4n) is 3.27. The first-order valence-electron chi connectivity index (χ1n) is 8.86. The lowest BCUT2D eigenvalue weighted by molar-refractivity contribution is -0.137. The number of hydrogen-bond donors (Lipinski definition) is 2. The van der Waals surface area contributed by atoms with E-state index in [4.69, 9.17) is 5.11 Å². The van der Waals surface area contributed by atoms with Crippen molar-refractivity contribution in [2.45, 2.75) is 51.6 Å². The molecule has 1 aliphatic heterocycles. The molecule has 0 saturated heterocycles. The molecule has 0 fully saturated rings. The Hall–Kier alpha value is -2.70. The molecule has 0 unspecified atom stereocenters. The molecule has 1 aromatic carbocycles. The van der Waals surface area contributed by atoms with Crippen molar-refractivity contribution in [2.24, 2.45) is 0 Å². The van der Waals surface area contributed by atoms with Crippen LogP contribution in [0.1, 0.15) is 49.3 Å². The molecular formula is C19H22FN3O3. The highest BCUT2D eigenvalue weighted by Crippen LogP contribution is 2.30. The van der Waals surface area contributed by atoms with Crippen LogP contribution in [-0.4, -0.2) is 20.6 Å². The van der Waals surface area contributed by atoms with Crippen LogP contribution in [0.4, 0.5) is 10.1 Å². The Morgan fingerprint density at radius 2 is 2.12 bits per heavy atom. The lowest BCUT2D eigenvalue weighted by Crippen LogP contribution is -2.35. The first-order valence-corrected chi connectivity index (χ1v) is 8.86. The maximum Gasteiger partial charge on any atom is 0.323 e. The molecule has 0 aliphatic carbocycles. The molecule has 6 nitrogen and oxygen atoms in total. The molecule has 26 heavy (non-hydrogen) atoms. The van der Waals surface area contributed by atoms with E-state index in [-0.39, 0.29) is 17.4 Å². The van der Waals surface area contributed by atoms with E-state index in [0.29, 0.717) is 30.0 Å². The highest BCUT2D eigenvalue weighted by Gasteiger charge is 2.25. The number of nitrogens with zero attached hydrogens (tertiary/aromatic N) is 2. The van der Waals surface area contributed by atoms with Crippen LogP contribution in [0.2, 0.25) is 0 Å². The van der Waals surface area contributed by atoms with E-state index < -0.39 is 12.5 Å². The van der Waals surface area contributed by atoms with Gasteiger partial charge in [0.1, 0.15) is 23.9 Å². The number of rotatable bonds is 6. The maximum atomic E-state index is 13.1. The van der Waals surface area contributed by atoms with E-state index in [1.165, 1.54) is 16.7 Å². The van der Waals surface area contributed by atoms with Crippen LogP contribution < -0.4 is 10.9 Å². The van der Waals surface area contributed by atoms with Crippen molar-refractivity contribution in [3.8, 4) is 0 Å². The van der Waals surface area contributed by atoms with Crippen LogP contribution in [0.5, 0.6) is 0 Å². The number of halogens is 1. The predicted octanol–water partition coefficient (Wildman–Crippen LogP) is 2.91. The fourth-order valence-corrected chi connectivity index (χ4v) is 3.27. The number of carboxylic acids is 1. The average molecular weight is 359 g/mol. The van der Waals surface area contributed by atoms with Gasteiger partial charge >= 0.3 is 5.97 Å². The van der Waals surface area contributed by atoms with Crippen molar-refractivity contribution < 1.29 is 14.3 Å². The molecule has 1 aliphatic rings. The minimum Gasteiger partial charge on any atom is -0.480 e. The van der Waals surface area contributed by atoms with Crippen molar-refractivity contribution in [3.05, 3.63) is 57.5 Å². The SMILES string of the molecule is CCCCc1nc2c(c(=O)n1CC(=O)O)N[C@H](c1ccc(F)cc1)CC2. The minimum atomic E-state index is -1.07. The summed E-state index contributed by atoms with van der Waals surface area (Å²) in [7, 11) is 0. The molecular weight excluding hydrogens is 337 g/mol. The summed E-state index contributed by atoms with van der Waals surface area (Å²) in [4.78, 5) is 28.7. The molecule has 3 rings (SSSR count). The van der Waals surface area contributed by atoms with Gasteiger partial charge in [-0.2, -0.15) is 0 Å². The van der Waals surface area contributed by atoms with Gasteiger partial charge in [-0.15, -0.1) is 0 Å². The second-order valence-electron chi connectivity index (χ2n) is 6.53. The van der Waals surface area contributed by atoms with E-state index in [9.17, 15) is 14.0 Å². The quantitative estimate of drug-likeness (QED) is 0.828. The van der Waals surface area contributed by atoms with Crippen LogP contribution in [0.3, 0.4) is 0 Å². The van der Waals surface area contributed by atoms with Gasteiger partial charge in [-0.05, 0) is 37.0 Å². The van der Waals surface area contributed by atoms with Crippen molar-refractivity contribution in [1.29, 1.82) is 0 Å². The zero-order chi connectivity index (χ0) is 18.7. The zero-order valence-corrected chi connectivity index (χ0v) is 14.7. The zero-order valence-electron chi connectivity index (χ0n) is 14.7. The van der Waals surface area contributed by atoms with Crippen LogP contribution in [0, 0.1) is 5.82 Å². The third kappa shape index (κ3) is 3.76. The molecule has 2 heterocycles. The van der Waals surface area contributed by atoms with Gasteiger partial charge < -0.3 is 10.4 Å². The van der Waals surface area contributed by atoms with Gasteiger partial charge in [-0.1, -0.05) is 25.5 Å². The number of carboxylic acid groups (broad SMARTS) is 1. The van der Waals surface area contributed by atoms with Gasteiger partial charge in [-0.3, -0.25) is 14.2 Å². The molecule has 7 heteroatoms. The Labute approximate surface area is 150 Å². The Bertz CT molecular complexity index is 862. The van der Waals surface area contributed by atoms with E-state index in [2.05, 4.69) is 10.3 Å². The van der Waals surface area contributed by atoms with E-state index in [1.807, 2.05) is 6.92 Å². The van der Waals surface area contributed by atoms with Gasteiger partial charge in [0.25, 0.3) is 5.56 Å². The summed E-state index contributed by atoms with van der Waals surface area (Å²) in [5, 5.41) is 12.3. The van der Waals surface area contributed by atoms with Crippen molar-refractivity contribution in [1.82, 2.24) is 9.55 Å². The molecule has 138 valence electrons.